The van der Waals surface area contributed by atoms with Crippen LogP contribution in [0.25, 0.3) is 0 Å². The molecule has 1 amide bonds. The number of carbonyl (C=O) groups excluding carboxylic acids is 2. The average molecular weight is 301 g/mol. The van der Waals surface area contributed by atoms with Gasteiger partial charge in [0.15, 0.2) is 0 Å². The summed E-state index contributed by atoms with van der Waals surface area (Å²) in [5.41, 5.74) is -1.34. The van der Waals surface area contributed by atoms with E-state index < -0.39 is 17.4 Å². The van der Waals surface area contributed by atoms with Crippen LogP contribution in [0.15, 0.2) is 0 Å². The van der Waals surface area contributed by atoms with Crippen molar-refractivity contribution in [2.24, 2.45) is 0 Å². The second kappa shape index (κ2) is 6.22. The fourth-order valence-corrected chi connectivity index (χ4v) is 2.60. The molecular formula is C15H27NO5. The van der Waals surface area contributed by atoms with Gasteiger partial charge in [-0.2, -0.15) is 0 Å². The van der Waals surface area contributed by atoms with Crippen LogP contribution < -0.4 is 0 Å². The first kappa shape index (κ1) is 17.8. The summed E-state index contributed by atoms with van der Waals surface area (Å²) in [5, 5.41) is 0. The molecule has 1 aliphatic heterocycles. The lowest BCUT2D eigenvalue weighted by Gasteiger charge is -2.35. The molecule has 1 heterocycles. The number of hydrogen-bond donors (Lipinski definition) is 0. The molecule has 1 saturated heterocycles. The lowest BCUT2D eigenvalue weighted by Crippen LogP contribution is -2.50. The van der Waals surface area contributed by atoms with Crippen LogP contribution in [0.4, 0.5) is 4.79 Å². The highest BCUT2D eigenvalue weighted by Crippen LogP contribution is 2.35. The summed E-state index contributed by atoms with van der Waals surface area (Å²) in [4.78, 5) is 25.4. The first-order chi connectivity index (χ1) is 9.48. The Bertz CT molecular complexity index is 399. The van der Waals surface area contributed by atoms with E-state index in [9.17, 15) is 9.59 Å². The van der Waals surface area contributed by atoms with Crippen molar-refractivity contribution >= 4 is 12.1 Å². The predicted molar refractivity (Wildman–Crippen MR) is 77.7 cm³/mol. The van der Waals surface area contributed by atoms with Gasteiger partial charge >= 0.3 is 12.1 Å². The third-order valence-corrected chi connectivity index (χ3v) is 3.39. The highest BCUT2D eigenvalue weighted by molar-refractivity contribution is 5.71. The van der Waals surface area contributed by atoms with Crippen molar-refractivity contribution in [1.29, 1.82) is 0 Å². The van der Waals surface area contributed by atoms with Crippen molar-refractivity contribution in [3.05, 3.63) is 0 Å². The van der Waals surface area contributed by atoms with Crippen LogP contribution in [0.5, 0.6) is 0 Å². The normalized spacial score (nSPS) is 24.8. The van der Waals surface area contributed by atoms with Crippen molar-refractivity contribution in [1.82, 2.24) is 4.90 Å². The quantitative estimate of drug-likeness (QED) is 0.750. The molecule has 0 aromatic rings. The van der Waals surface area contributed by atoms with Gasteiger partial charge in [0.1, 0.15) is 11.3 Å². The van der Waals surface area contributed by atoms with E-state index in [4.69, 9.17) is 9.47 Å². The number of ether oxygens (including phenoxy) is 3. The van der Waals surface area contributed by atoms with Gasteiger partial charge < -0.3 is 14.2 Å². The Kier molecular flexibility index (Phi) is 5.25. The van der Waals surface area contributed by atoms with Crippen LogP contribution in [0, 0.1) is 0 Å². The molecule has 122 valence electrons. The summed E-state index contributed by atoms with van der Waals surface area (Å²) in [6, 6.07) is -0.214. The molecule has 0 aromatic carbocycles. The third-order valence-electron chi connectivity index (χ3n) is 3.39. The second-order valence-corrected chi connectivity index (χ2v) is 6.80. The third kappa shape index (κ3) is 4.59. The molecule has 1 rings (SSSR count). The van der Waals surface area contributed by atoms with Crippen LogP contribution >= 0.6 is 0 Å². The number of hydrogen-bond acceptors (Lipinski definition) is 5. The number of nitrogens with zero attached hydrogens (tertiary/aromatic N) is 1. The predicted octanol–water partition coefficient (Wildman–Crippen LogP) is 2.70. The van der Waals surface area contributed by atoms with E-state index in [1.807, 2.05) is 41.5 Å². The maximum atomic E-state index is 12.5. The molecule has 0 N–H and O–H groups in total. The molecule has 0 aromatic heterocycles. The summed E-state index contributed by atoms with van der Waals surface area (Å²) in [6.07, 6.45) is 0.129. The number of carbonyl (C=O) groups is 2. The van der Waals surface area contributed by atoms with E-state index in [0.29, 0.717) is 6.42 Å². The first-order valence-electron chi connectivity index (χ1n) is 7.25. The molecule has 6 nitrogen and oxygen atoms in total. The summed E-state index contributed by atoms with van der Waals surface area (Å²) in [6.45, 7) is 11.0. The minimum Gasteiger partial charge on any atom is -0.469 e. The molecule has 21 heavy (non-hydrogen) atoms. The van der Waals surface area contributed by atoms with Crippen LogP contribution in [0.2, 0.25) is 0 Å². The monoisotopic (exact) mass is 301 g/mol. The van der Waals surface area contributed by atoms with Crippen molar-refractivity contribution < 1.29 is 23.8 Å². The van der Waals surface area contributed by atoms with Gasteiger partial charge in [-0.05, 0) is 48.0 Å². The lowest BCUT2D eigenvalue weighted by atomic mass is 10.1. The zero-order valence-corrected chi connectivity index (χ0v) is 14.1. The van der Waals surface area contributed by atoms with Gasteiger partial charge in [0.2, 0.25) is 0 Å². The molecular weight excluding hydrogens is 274 g/mol. The molecule has 2 atom stereocenters. The Morgan fingerprint density at radius 2 is 1.86 bits per heavy atom. The van der Waals surface area contributed by atoms with Gasteiger partial charge in [0.05, 0.1) is 19.3 Å². The highest BCUT2D eigenvalue weighted by atomic mass is 16.6. The number of esters is 1. The van der Waals surface area contributed by atoms with Crippen LogP contribution in [0.3, 0.4) is 0 Å². The molecule has 0 bridgehead atoms. The minimum absolute atomic E-state index is 0.169. The van der Waals surface area contributed by atoms with Gasteiger partial charge in [-0.15, -0.1) is 0 Å². The van der Waals surface area contributed by atoms with Gasteiger partial charge in [-0.3, -0.25) is 9.69 Å². The number of rotatable bonds is 3. The lowest BCUT2D eigenvalue weighted by molar-refractivity contribution is -0.141. The average Bonchev–Trinajstić information content (AvgIpc) is 2.52. The molecule has 0 radical (unpaired) electrons. The topological polar surface area (TPSA) is 65.1 Å². The smallest absolute Gasteiger partial charge is 0.412 e. The molecule has 6 heteroatoms. The maximum absolute atomic E-state index is 12.5. The fraction of sp³-hybridized carbons (Fsp3) is 0.867. The van der Waals surface area contributed by atoms with Gasteiger partial charge in [0.25, 0.3) is 0 Å². The SMILES string of the molecule is COC(=O)CC[C@H]1[C@H](C)OC(C)(C)N1C(=O)OC(C)(C)C. The van der Waals surface area contributed by atoms with Crippen LogP contribution in [-0.2, 0) is 19.0 Å². The molecule has 0 unspecified atom stereocenters. The molecule has 0 spiro atoms. The Balaban J connectivity index is 2.87. The Labute approximate surface area is 126 Å². The van der Waals surface area contributed by atoms with E-state index in [1.165, 1.54) is 7.11 Å². The number of amides is 1. The van der Waals surface area contributed by atoms with Crippen molar-refractivity contribution in [3.8, 4) is 0 Å². The minimum atomic E-state index is -0.761. The zero-order valence-electron chi connectivity index (χ0n) is 14.1. The molecule has 1 fully saturated rings. The summed E-state index contributed by atoms with van der Waals surface area (Å²) in [7, 11) is 1.35. The fourth-order valence-electron chi connectivity index (χ4n) is 2.60. The largest absolute Gasteiger partial charge is 0.469 e. The summed E-state index contributed by atoms with van der Waals surface area (Å²) < 4.78 is 16.0. The Hall–Kier alpha value is -1.30. The second-order valence-electron chi connectivity index (χ2n) is 6.80. The highest BCUT2D eigenvalue weighted by Gasteiger charge is 2.49. The first-order valence-corrected chi connectivity index (χ1v) is 7.25. The van der Waals surface area contributed by atoms with Gasteiger partial charge in [-0.1, -0.05) is 0 Å². The van der Waals surface area contributed by atoms with E-state index in [-0.39, 0.29) is 24.5 Å². The Morgan fingerprint density at radius 3 is 2.33 bits per heavy atom. The van der Waals surface area contributed by atoms with Crippen molar-refractivity contribution in [2.45, 2.75) is 77.9 Å². The van der Waals surface area contributed by atoms with Crippen molar-refractivity contribution in [2.75, 3.05) is 7.11 Å². The van der Waals surface area contributed by atoms with Crippen LogP contribution in [-0.4, -0.2) is 47.5 Å². The molecule has 0 saturated carbocycles. The number of methoxy groups -OCH3 is 1. The van der Waals surface area contributed by atoms with Crippen molar-refractivity contribution in [3.63, 3.8) is 0 Å². The van der Waals surface area contributed by atoms with Crippen LogP contribution in [0.1, 0.15) is 54.4 Å². The van der Waals surface area contributed by atoms with E-state index in [2.05, 4.69) is 4.74 Å². The molecule has 1 aliphatic rings. The van der Waals surface area contributed by atoms with E-state index in [0.717, 1.165) is 0 Å². The van der Waals surface area contributed by atoms with E-state index >= 15 is 0 Å². The standard InChI is InChI=1S/C15H27NO5/c1-10-11(8-9-12(17)19-7)16(15(5,6)20-10)13(18)21-14(2,3)4/h10-11H,8-9H2,1-7H3/t10-,11-/m0/s1. The summed E-state index contributed by atoms with van der Waals surface area (Å²) in [5.74, 6) is -0.295. The van der Waals surface area contributed by atoms with Gasteiger partial charge in [-0.25, -0.2) is 4.79 Å². The maximum Gasteiger partial charge on any atom is 0.412 e. The summed E-state index contributed by atoms with van der Waals surface area (Å²) >= 11 is 0. The van der Waals surface area contributed by atoms with E-state index in [1.54, 1.807) is 4.90 Å². The Morgan fingerprint density at radius 1 is 1.29 bits per heavy atom. The zero-order chi connectivity index (χ0) is 16.4. The molecule has 0 aliphatic carbocycles. The van der Waals surface area contributed by atoms with Gasteiger partial charge in [0, 0.05) is 6.42 Å².